The molecule has 0 aliphatic rings. The van der Waals surface area contributed by atoms with E-state index < -0.39 is 0 Å². The highest BCUT2D eigenvalue weighted by Gasteiger charge is 1.95. The molecule has 0 saturated carbocycles. The molecule has 2 aromatic rings. The molecule has 0 unspecified atom stereocenters. The third kappa shape index (κ3) is 3.88. The lowest BCUT2D eigenvalue weighted by Crippen LogP contribution is -2.16. The van der Waals surface area contributed by atoms with Crippen LogP contribution in [-0.2, 0) is 13.0 Å². The summed E-state index contributed by atoms with van der Waals surface area (Å²) in [6.07, 6.45) is 1.05. The minimum atomic E-state index is 0.917. The molecular weight excluding hydrogens is 230 g/mol. The molecule has 2 nitrogen and oxygen atoms in total. The first-order valence-corrected chi connectivity index (χ1v) is 6.67. The van der Waals surface area contributed by atoms with Crippen LogP contribution in [0.3, 0.4) is 0 Å². The molecule has 0 amide bonds. The third-order valence-corrected chi connectivity index (χ3v) is 3.39. The van der Waals surface area contributed by atoms with E-state index >= 15 is 0 Å². The summed E-state index contributed by atoms with van der Waals surface area (Å²) in [4.78, 5) is 0. The molecule has 3 heteroatoms. The van der Waals surface area contributed by atoms with E-state index in [1.165, 1.54) is 11.1 Å². The Hall–Kier alpha value is -1.32. The topological polar surface area (TPSA) is 21.3 Å². The summed E-state index contributed by atoms with van der Waals surface area (Å²) in [6.45, 7) is 1.96. The lowest BCUT2D eigenvalue weighted by Gasteiger charge is -2.05. The first kappa shape index (κ1) is 12.1. The number of ether oxygens (including phenoxy) is 1. The summed E-state index contributed by atoms with van der Waals surface area (Å²) in [5, 5.41) is 7.73. The molecule has 0 radical (unpaired) electrons. The zero-order valence-corrected chi connectivity index (χ0v) is 10.8. The van der Waals surface area contributed by atoms with Crippen LogP contribution in [-0.4, -0.2) is 13.7 Å². The van der Waals surface area contributed by atoms with Crippen LogP contribution in [0.1, 0.15) is 11.1 Å². The standard InChI is InChI=1S/C14H17NOS/c1-16-14-4-2-12(3-5-14)6-8-15-10-13-7-9-17-11-13/h2-5,7,9,11,15H,6,8,10H2,1H3. The van der Waals surface area contributed by atoms with Crippen LogP contribution in [0.25, 0.3) is 0 Å². The second-order valence-electron chi connectivity index (χ2n) is 3.91. The van der Waals surface area contributed by atoms with E-state index in [9.17, 15) is 0 Å². The number of rotatable bonds is 6. The van der Waals surface area contributed by atoms with Gasteiger partial charge in [0.15, 0.2) is 0 Å². The van der Waals surface area contributed by atoms with Crippen molar-refractivity contribution in [2.24, 2.45) is 0 Å². The van der Waals surface area contributed by atoms with Gasteiger partial charge in [-0.2, -0.15) is 11.3 Å². The lowest BCUT2D eigenvalue weighted by atomic mass is 10.1. The molecule has 90 valence electrons. The van der Waals surface area contributed by atoms with Gasteiger partial charge < -0.3 is 10.1 Å². The average molecular weight is 247 g/mol. The van der Waals surface area contributed by atoms with Crippen LogP contribution < -0.4 is 10.1 Å². The van der Waals surface area contributed by atoms with Gasteiger partial charge in [-0.25, -0.2) is 0 Å². The Morgan fingerprint density at radius 3 is 2.59 bits per heavy atom. The summed E-state index contributed by atoms with van der Waals surface area (Å²) >= 11 is 1.74. The van der Waals surface area contributed by atoms with Crippen LogP contribution >= 0.6 is 11.3 Å². The van der Waals surface area contributed by atoms with Gasteiger partial charge in [-0.05, 0) is 53.1 Å². The maximum absolute atomic E-state index is 5.13. The monoisotopic (exact) mass is 247 g/mol. The van der Waals surface area contributed by atoms with Gasteiger partial charge in [-0.1, -0.05) is 12.1 Å². The minimum Gasteiger partial charge on any atom is -0.497 e. The van der Waals surface area contributed by atoms with Crippen molar-refractivity contribution in [2.45, 2.75) is 13.0 Å². The normalized spacial score (nSPS) is 10.4. The van der Waals surface area contributed by atoms with Gasteiger partial charge in [-0.15, -0.1) is 0 Å². The zero-order chi connectivity index (χ0) is 11.9. The molecule has 0 bridgehead atoms. The van der Waals surface area contributed by atoms with E-state index in [0.29, 0.717) is 0 Å². The van der Waals surface area contributed by atoms with Crippen LogP contribution in [0, 0.1) is 0 Å². The highest BCUT2D eigenvalue weighted by Crippen LogP contribution is 2.11. The molecule has 0 spiro atoms. The summed E-state index contributed by atoms with van der Waals surface area (Å²) in [7, 11) is 1.69. The quantitative estimate of drug-likeness (QED) is 0.792. The number of nitrogens with one attached hydrogen (secondary N) is 1. The Kier molecular flexibility index (Phi) is 4.59. The number of hydrogen-bond acceptors (Lipinski definition) is 3. The van der Waals surface area contributed by atoms with Crippen molar-refractivity contribution < 1.29 is 4.74 Å². The molecule has 0 fully saturated rings. The Balaban J connectivity index is 1.70. The number of hydrogen-bond donors (Lipinski definition) is 1. The number of thiophene rings is 1. The highest BCUT2D eigenvalue weighted by molar-refractivity contribution is 7.07. The molecule has 0 atom stereocenters. The first-order chi connectivity index (χ1) is 8.38. The van der Waals surface area contributed by atoms with Crippen LogP contribution in [0.5, 0.6) is 5.75 Å². The van der Waals surface area contributed by atoms with E-state index in [1.54, 1.807) is 18.4 Å². The summed E-state index contributed by atoms with van der Waals surface area (Å²) in [5.41, 5.74) is 2.70. The van der Waals surface area contributed by atoms with E-state index in [2.05, 4.69) is 34.3 Å². The zero-order valence-electron chi connectivity index (χ0n) is 9.98. The first-order valence-electron chi connectivity index (χ1n) is 5.73. The van der Waals surface area contributed by atoms with E-state index in [0.717, 1.165) is 25.3 Å². The number of benzene rings is 1. The summed E-state index contributed by atoms with van der Waals surface area (Å²) < 4.78 is 5.13. The minimum absolute atomic E-state index is 0.917. The Morgan fingerprint density at radius 2 is 1.94 bits per heavy atom. The van der Waals surface area contributed by atoms with Crippen LogP contribution in [0.15, 0.2) is 41.1 Å². The fraction of sp³-hybridized carbons (Fsp3) is 0.286. The second-order valence-corrected chi connectivity index (χ2v) is 4.69. The summed E-state index contributed by atoms with van der Waals surface area (Å²) in [5.74, 6) is 0.917. The molecule has 1 N–H and O–H groups in total. The third-order valence-electron chi connectivity index (χ3n) is 2.66. The largest absolute Gasteiger partial charge is 0.497 e. The van der Waals surface area contributed by atoms with E-state index in [1.807, 2.05) is 12.1 Å². The number of methoxy groups -OCH3 is 1. The molecule has 1 aromatic carbocycles. The van der Waals surface area contributed by atoms with Gasteiger partial charge >= 0.3 is 0 Å². The van der Waals surface area contributed by atoms with E-state index in [-0.39, 0.29) is 0 Å². The van der Waals surface area contributed by atoms with Gasteiger partial charge in [0.05, 0.1) is 7.11 Å². The maximum Gasteiger partial charge on any atom is 0.118 e. The highest BCUT2D eigenvalue weighted by atomic mass is 32.1. The van der Waals surface area contributed by atoms with Crippen molar-refractivity contribution in [2.75, 3.05) is 13.7 Å². The fourth-order valence-corrected chi connectivity index (χ4v) is 2.32. The van der Waals surface area contributed by atoms with Crippen molar-refractivity contribution in [3.05, 3.63) is 52.2 Å². The van der Waals surface area contributed by atoms with Gasteiger partial charge in [0, 0.05) is 6.54 Å². The Bertz CT molecular complexity index is 422. The average Bonchev–Trinajstić information content (AvgIpc) is 2.88. The van der Waals surface area contributed by atoms with Crippen molar-refractivity contribution in [1.29, 1.82) is 0 Å². The predicted molar refractivity (Wildman–Crippen MR) is 72.7 cm³/mol. The molecule has 0 saturated heterocycles. The predicted octanol–water partition coefficient (Wildman–Crippen LogP) is 3.09. The van der Waals surface area contributed by atoms with Crippen molar-refractivity contribution in [3.63, 3.8) is 0 Å². The molecule has 0 aliphatic heterocycles. The Labute approximate surface area is 106 Å². The Morgan fingerprint density at radius 1 is 1.12 bits per heavy atom. The SMILES string of the molecule is COc1ccc(CCNCc2ccsc2)cc1. The molecule has 0 aliphatic carbocycles. The van der Waals surface area contributed by atoms with Gasteiger partial charge in [0.2, 0.25) is 0 Å². The van der Waals surface area contributed by atoms with Crippen molar-refractivity contribution in [1.82, 2.24) is 5.32 Å². The molecule has 17 heavy (non-hydrogen) atoms. The smallest absolute Gasteiger partial charge is 0.118 e. The molecule has 1 heterocycles. The van der Waals surface area contributed by atoms with Crippen LogP contribution in [0.2, 0.25) is 0 Å². The van der Waals surface area contributed by atoms with Crippen LogP contribution in [0.4, 0.5) is 0 Å². The second kappa shape index (κ2) is 6.42. The fourth-order valence-electron chi connectivity index (χ4n) is 1.65. The lowest BCUT2D eigenvalue weighted by molar-refractivity contribution is 0.414. The van der Waals surface area contributed by atoms with Gasteiger partial charge in [0.25, 0.3) is 0 Å². The maximum atomic E-state index is 5.13. The molecular formula is C14H17NOS. The molecule has 2 rings (SSSR count). The van der Waals surface area contributed by atoms with Gasteiger partial charge in [0.1, 0.15) is 5.75 Å². The van der Waals surface area contributed by atoms with Crippen molar-refractivity contribution in [3.8, 4) is 5.75 Å². The van der Waals surface area contributed by atoms with Crippen molar-refractivity contribution >= 4 is 11.3 Å². The summed E-state index contributed by atoms with van der Waals surface area (Å²) in [6, 6.07) is 10.4. The molecule has 1 aromatic heterocycles. The van der Waals surface area contributed by atoms with Gasteiger partial charge in [-0.3, -0.25) is 0 Å². The van der Waals surface area contributed by atoms with E-state index in [4.69, 9.17) is 4.74 Å².